The summed E-state index contributed by atoms with van der Waals surface area (Å²) in [7, 11) is -2.47. The summed E-state index contributed by atoms with van der Waals surface area (Å²) < 4.78 is 23.0. The Morgan fingerprint density at radius 1 is 0.815 bits per heavy atom. The van der Waals surface area contributed by atoms with Crippen LogP contribution in [0.2, 0.25) is 0 Å². The monoisotopic (exact) mass is 379 g/mol. The molecule has 27 heavy (non-hydrogen) atoms. The van der Waals surface area contributed by atoms with E-state index < -0.39 is 8.25 Å². The second-order valence-corrected chi connectivity index (χ2v) is 7.13. The summed E-state index contributed by atoms with van der Waals surface area (Å²) in [6, 6.07) is 19.5. The van der Waals surface area contributed by atoms with Crippen LogP contribution in [0.1, 0.15) is 32.6 Å². The first-order valence-electron chi connectivity index (χ1n) is 8.55. The lowest BCUT2D eigenvalue weighted by Gasteiger charge is -2.11. The van der Waals surface area contributed by atoms with E-state index in [1.54, 1.807) is 48.5 Å². The lowest BCUT2D eigenvalue weighted by Crippen LogP contribution is -2.08. The van der Waals surface area contributed by atoms with Crippen molar-refractivity contribution in [1.29, 1.82) is 0 Å². The van der Waals surface area contributed by atoms with E-state index in [9.17, 15) is 9.36 Å². The molecule has 1 unspecified atom stereocenters. The van der Waals surface area contributed by atoms with Gasteiger partial charge in [-0.25, -0.2) is 9.05 Å². The molecule has 0 aliphatic heterocycles. The number of ketones is 1. The number of rotatable bonds is 6. The Bertz CT molecular complexity index is 973. The van der Waals surface area contributed by atoms with Crippen LogP contribution in [0, 0.1) is 20.8 Å². The van der Waals surface area contributed by atoms with Gasteiger partial charge in [-0.1, -0.05) is 48.0 Å². The van der Waals surface area contributed by atoms with Crippen LogP contribution in [0.15, 0.2) is 66.7 Å². The standard InChI is InChI=1S/C22H20O4P/c1-15-13-16(2)21(17(3)14-15)22(23)19-11-7-8-12-20(19)26-27(24)25-18-9-5-4-6-10-18/h4-14H,1-3H3/q+1. The summed E-state index contributed by atoms with van der Waals surface area (Å²) in [4.78, 5) is 13.1. The van der Waals surface area contributed by atoms with Gasteiger partial charge in [0.2, 0.25) is 5.75 Å². The molecule has 0 heterocycles. The molecule has 136 valence electrons. The zero-order chi connectivity index (χ0) is 19.4. The van der Waals surface area contributed by atoms with Gasteiger partial charge in [-0.3, -0.25) is 4.79 Å². The highest BCUT2D eigenvalue weighted by molar-refractivity contribution is 7.34. The van der Waals surface area contributed by atoms with Crippen molar-refractivity contribution < 1.29 is 18.4 Å². The third-order valence-electron chi connectivity index (χ3n) is 4.13. The van der Waals surface area contributed by atoms with Gasteiger partial charge in [0.1, 0.15) is 0 Å². The molecule has 3 aromatic carbocycles. The van der Waals surface area contributed by atoms with Crippen LogP contribution in [-0.2, 0) is 4.57 Å². The van der Waals surface area contributed by atoms with Crippen LogP contribution in [0.3, 0.4) is 0 Å². The fourth-order valence-electron chi connectivity index (χ4n) is 3.07. The van der Waals surface area contributed by atoms with Crippen molar-refractivity contribution in [2.75, 3.05) is 0 Å². The van der Waals surface area contributed by atoms with E-state index in [0.717, 1.165) is 16.7 Å². The molecular formula is C22H20O4P+. The molecule has 1 atom stereocenters. The number of para-hydroxylation sites is 2. The topological polar surface area (TPSA) is 52.6 Å². The van der Waals surface area contributed by atoms with Gasteiger partial charge in [0.05, 0.1) is 5.56 Å². The summed E-state index contributed by atoms with van der Waals surface area (Å²) in [5.41, 5.74) is 3.89. The minimum atomic E-state index is -2.47. The van der Waals surface area contributed by atoms with E-state index in [-0.39, 0.29) is 11.5 Å². The second kappa shape index (κ2) is 8.15. The molecule has 0 N–H and O–H groups in total. The quantitative estimate of drug-likeness (QED) is 0.392. The molecule has 4 nitrogen and oxygen atoms in total. The third-order valence-corrected chi connectivity index (χ3v) is 4.84. The van der Waals surface area contributed by atoms with Crippen LogP contribution in [0.25, 0.3) is 0 Å². The molecule has 0 aliphatic rings. The summed E-state index contributed by atoms with van der Waals surface area (Å²) in [6.45, 7) is 5.82. The molecule has 0 saturated heterocycles. The minimum absolute atomic E-state index is 0.163. The molecule has 0 bridgehead atoms. The maximum atomic E-state index is 13.1. The predicted octanol–water partition coefficient (Wildman–Crippen LogP) is 5.96. The van der Waals surface area contributed by atoms with Crippen molar-refractivity contribution in [3.63, 3.8) is 0 Å². The number of carbonyl (C=O) groups excluding carboxylic acids is 1. The van der Waals surface area contributed by atoms with Crippen molar-refractivity contribution in [2.45, 2.75) is 20.8 Å². The molecule has 0 amide bonds. The van der Waals surface area contributed by atoms with E-state index in [4.69, 9.17) is 9.05 Å². The molecule has 0 spiro atoms. The normalized spacial score (nSPS) is 11.0. The zero-order valence-corrected chi connectivity index (χ0v) is 16.3. The summed E-state index contributed by atoms with van der Waals surface area (Å²) in [5, 5.41) is 0. The number of carbonyl (C=O) groups is 1. The van der Waals surface area contributed by atoms with Crippen molar-refractivity contribution in [3.05, 3.63) is 94.5 Å². The van der Waals surface area contributed by atoms with Crippen LogP contribution < -0.4 is 9.05 Å². The first-order valence-corrected chi connectivity index (χ1v) is 9.65. The average Bonchev–Trinajstić information content (AvgIpc) is 2.62. The van der Waals surface area contributed by atoms with Crippen molar-refractivity contribution in [2.24, 2.45) is 0 Å². The summed E-state index contributed by atoms with van der Waals surface area (Å²) >= 11 is 0. The molecule has 3 rings (SSSR count). The maximum absolute atomic E-state index is 13.1. The Hall–Kier alpha value is -2.97. The van der Waals surface area contributed by atoms with Crippen LogP contribution in [0.5, 0.6) is 11.5 Å². The van der Waals surface area contributed by atoms with Gasteiger partial charge >= 0.3 is 8.25 Å². The molecule has 5 heteroatoms. The van der Waals surface area contributed by atoms with Gasteiger partial charge in [0.15, 0.2) is 11.5 Å². The van der Waals surface area contributed by atoms with E-state index >= 15 is 0 Å². The number of hydrogen-bond donors (Lipinski definition) is 0. The van der Waals surface area contributed by atoms with Gasteiger partial charge in [0.25, 0.3) is 0 Å². The zero-order valence-electron chi connectivity index (χ0n) is 15.4. The Morgan fingerprint density at radius 2 is 1.41 bits per heavy atom. The summed E-state index contributed by atoms with van der Waals surface area (Å²) in [5.74, 6) is 0.510. The van der Waals surface area contributed by atoms with Gasteiger partial charge in [0, 0.05) is 10.1 Å². The summed E-state index contributed by atoms with van der Waals surface area (Å²) in [6.07, 6.45) is 0. The van der Waals surface area contributed by atoms with Gasteiger partial charge < -0.3 is 0 Å². The van der Waals surface area contributed by atoms with Crippen molar-refractivity contribution in [1.82, 2.24) is 0 Å². The fraction of sp³-hybridized carbons (Fsp3) is 0.136. The number of benzene rings is 3. The van der Waals surface area contributed by atoms with E-state index in [0.29, 0.717) is 16.9 Å². The van der Waals surface area contributed by atoms with Gasteiger partial charge in [-0.15, -0.1) is 0 Å². The molecule has 0 fully saturated rings. The number of aryl methyl sites for hydroxylation is 3. The minimum Gasteiger partial charge on any atom is -0.288 e. The lowest BCUT2D eigenvalue weighted by atomic mass is 9.93. The highest BCUT2D eigenvalue weighted by atomic mass is 31.1. The molecule has 0 aliphatic carbocycles. The van der Waals surface area contributed by atoms with Gasteiger partial charge in [-0.2, -0.15) is 0 Å². The second-order valence-electron chi connectivity index (χ2n) is 6.32. The van der Waals surface area contributed by atoms with Crippen molar-refractivity contribution >= 4 is 14.0 Å². The molecular weight excluding hydrogens is 359 g/mol. The van der Waals surface area contributed by atoms with E-state index in [2.05, 4.69) is 0 Å². The molecule has 0 saturated carbocycles. The Balaban J connectivity index is 1.88. The molecule has 3 aromatic rings. The third kappa shape index (κ3) is 4.42. The lowest BCUT2D eigenvalue weighted by molar-refractivity contribution is 0.103. The fourth-order valence-corrected chi connectivity index (χ4v) is 3.72. The van der Waals surface area contributed by atoms with E-state index in [1.807, 2.05) is 39.0 Å². The Kier molecular flexibility index (Phi) is 5.68. The molecule has 0 radical (unpaired) electrons. The van der Waals surface area contributed by atoms with Crippen LogP contribution in [0.4, 0.5) is 0 Å². The largest absolute Gasteiger partial charge is 0.805 e. The predicted molar refractivity (Wildman–Crippen MR) is 106 cm³/mol. The Morgan fingerprint density at radius 3 is 2.07 bits per heavy atom. The Labute approximate surface area is 159 Å². The average molecular weight is 379 g/mol. The number of hydrogen-bond acceptors (Lipinski definition) is 4. The first kappa shape index (κ1) is 18.8. The maximum Gasteiger partial charge on any atom is 0.805 e. The van der Waals surface area contributed by atoms with Gasteiger partial charge in [-0.05, 0) is 56.2 Å². The van der Waals surface area contributed by atoms with Crippen LogP contribution >= 0.6 is 8.25 Å². The van der Waals surface area contributed by atoms with E-state index in [1.165, 1.54) is 0 Å². The molecule has 0 aromatic heterocycles. The smallest absolute Gasteiger partial charge is 0.288 e. The highest BCUT2D eigenvalue weighted by Crippen LogP contribution is 2.34. The SMILES string of the molecule is Cc1cc(C)c(C(=O)c2ccccc2O[P+](=O)Oc2ccccc2)c(C)c1. The highest BCUT2D eigenvalue weighted by Gasteiger charge is 2.28. The van der Waals surface area contributed by atoms with Crippen molar-refractivity contribution in [3.8, 4) is 11.5 Å². The first-order chi connectivity index (χ1) is 13.0. The van der Waals surface area contributed by atoms with Crippen LogP contribution in [-0.4, -0.2) is 5.78 Å².